The molecule has 0 N–H and O–H groups in total. The molecule has 3 nitrogen and oxygen atoms in total. The molecule has 168 valence electrons. The zero-order valence-electron chi connectivity index (χ0n) is 16.4. The van der Waals surface area contributed by atoms with E-state index >= 15 is 0 Å². The molecule has 1 atom stereocenters. The summed E-state index contributed by atoms with van der Waals surface area (Å²) in [5.41, 5.74) is -6.22. The highest BCUT2D eigenvalue weighted by molar-refractivity contribution is 7.82. The van der Waals surface area contributed by atoms with Crippen LogP contribution >= 0.6 is 7.92 Å². The summed E-state index contributed by atoms with van der Waals surface area (Å²) in [6.07, 6.45) is -9.74. The molecule has 0 amide bonds. The van der Waals surface area contributed by atoms with Crippen molar-refractivity contribution in [1.29, 1.82) is 0 Å². The lowest BCUT2D eigenvalue weighted by Crippen LogP contribution is -2.24. The van der Waals surface area contributed by atoms with Crippen molar-refractivity contribution < 1.29 is 40.7 Å². The van der Waals surface area contributed by atoms with Gasteiger partial charge in [0, 0.05) is 13.5 Å². The Bertz CT molecular complexity index is 877. The number of ether oxygens (including phenoxy) is 1. The topological polar surface area (TPSA) is 43.4 Å². The lowest BCUT2D eigenvalue weighted by molar-refractivity contribution is -0.143. The highest BCUT2D eigenvalue weighted by atomic mass is 31.1. The maximum atomic E-state index is 13.5. The molecular formula is C21H19F6O3P. The molecule has 0 saturated carbocycles. The average Bonchev–Trinajstić information content (AvgIpc) is 2.70. The molecule has 0 bridgehead atoms. The molecule has 2 aromatic carbocycles. The Morgan fingerprint density at radius 3 is 1.90 bits per heavy atom. The molecule has 1 unspecified atom stereocenters. The lowest BCUT2D eigenvalue weighted by Gasteiger charge is -2.22. The third-order valence-corrected chi connectivity index (χ3v) is 6.46. The van der Waals surface area contributed by atoms with E-state index in [9.17, 15) is 35.9 Å². The summed E-state index contributed by atoms with van der Waals surface area (Å²) in [5, 5.41) is 0.181. The summed E-state index contributed by atoms with van der Waals surface area (Å²) in [7, 11) is -2.39. The number of halogens is 6. The molecule has 2 aromatic rings. The second kappa shape index (κ2) is 10.3. The second-order valence-electron chi connectivity index (χ2n) is 6.52. The molecule has 0 fully saturated rings. The van der Waals surface area contributed by atoms with E-state index in [1.807, 2.05) is 6.92 Å². The number of rotatable bonds is 8. The third kappa shape index (κ3) is 6.53. The van der Waals surface area contributed by atoms with Crippen molar-refractivity contribution in [2.24, 2.45) is 0 Å². The summed E-state index contributed by atoms with van der Waals surface area (Å²) in [6, 6.07) is 8.80. The number of benzene rings is 2. The van der Waals surface area contributed by atoms with Crippen LogP contribution in [0, 0.1) is 0 Å². The van der Waals surface area contributed by atoms with Crippen LogP contribution in [0.2, 0.25) is 0 Å². The standard InChI is InChI=1S/C21H19F6O3P/c1-2-3-12-30-17(28)13-31(14-8-5-4-6-9-14)19(29)18-15(20(22,23)24)10-7-11-16(18)21(25,26)27/h4-11H,2-3,12-13H2,1H3. The Morgan fingerprint density at radius 1 is 0.871 bits per heavy atom. The highest BCUT2D eigenvalue weighted by Gasteiger charge is 2.44. The fourth-order valence-electron chi connectivity index (χ4n) is 2.78. The predicted octanol–water partition coefficient (Wildman–Crippen LogP) is 6.02. The van der Waals surface area contributed by atoms with E-state index in [2.05, 4.69) is 0 Å². The fourth-order valence-corrected chi connectivity index (χ4v) is 4.74. The van der Waals surface area contributed by atoms with Crippen molar-refractivity contribution in [3.05, 3.63) is 65.2 Å². The molecule has 31 heavy (non-hydrogen) atoms. The van der Waals surface area contributed by atoms with Gasteiger partial charge in [-0.2, -0.15) is 26.3 Å². The Kier molecular flexibility index (Phi) is 8.23. The van der Waals surface area contributed by atoms with Gasteiger partial charge in [0.15, 0.2) is 5.52 Å². The maximum absolute atomic E-state index is 13.5. The van der Waals surface area contributed by atoms with E-state index in [1.165, 1.54) is 24.3 Å². The zero-order valence-corrected chi connectivity index (χ0v) is 17.3. The zero-order chi connectivity index (χ0) is 23.2. The van der Waals surface area contributed by atoms with Crippen LogP contribution in [-0.2, 0) is 21.9 Å². The van der Waals surface area contributed by atoms with Gasteiger partial charge in [-0.25, -0.2) is 0 Å². The van der Waals surface area contributed by atoms with Crippen LogP contribution in [0.25, 0.3) is 0 Å². The first-order valence-electron chi connectivity index (χ1n) is 9.26. The first-order chi connectivity index (χ1) is 14.5. The Balaban J connectivity index is 2.58. The number of alkyl halides is 6. The minimum Gasteiger partial charge on any atom is -0.465 e. The molecule has 0 aliphatic carbocycles. The van der Waals surface area contributed by atoms with E-state index in [0.29, 0.717) is 31.0 Å². The van der Waals surface area contributed by atoms with Crippen LogP contribution in [-0.4, -0.2) is 24.3 Å². The Hall–Kier alpha value is -2.41. The Labute approximate surface area is 176 Å². The summed E-state index contributed by atoms with van der Waals surface area (Å²) >= 11 is 0. The van der Waals surface area contributed by atoms with E-state index in [1.54, 1.807) is 6.07 Å². The van der Waals surface area contributed by atoms with Gasteiger partial charge in [-0.1, -0.05) is 49.7 Å². The largest absolute Gasteiger partial charge is 0.465 e. The number of esters is 1. The first kappa shape index (κ1) is 24.9. The minimum atomic E-state index is -5.19. The smallest absolute Gasteiger partial charge is 0.417 e. The van der Waals surface area contributed by atoms with Crippen LogP contribution in [0.1, 0.15) is 41.3 Å². The van der Waals surface area contributed by atoms with Gasteiger partial charge in [0.2, 0.25) is 0 Å². The van der Waals surface area contributed by atoms with E-state index < -0.39 is 54.6 Å². The van der Waals surface area contributed by atoms with Gasteiger partial charge in [-0.05, 0) is 23.9 Å². The molecule has 0 aliphatic heterocycles. The van der Waals surface area contributed by atoms with Gasteiger partial charge in [-0.15, -0.1) is 0 Å². The van der Waals surface area contributed by atoms with E-state index in [0.717, 1.165) is 0 Å². The van der Waals surface area contributed by atoms with Crippen molar-refractivity contribution in [3.8, 4) is 0 Å². The second-order valence-corrected chi connectivity index (χ2v) is 8.62. The van der Waals surface area contributed by atoms with E-state index in [4.69, 9.17) is 4.74 Å². The Morgan fingerprint density at radius 2 is 1.42 bits per heavy atom. The predicted molar refractivity (Wildman–Crippen MR) is 105 cm³/mol. The highest BCUT2D eigenvalue weighted by Crippen LogP contribution is 2.46. The summed E-state index contributed by atoms with van der Waals surface area (Å²) in [4.78, 5) is 25.4. The molecule has 0 aromatic heterocycles. The molecule has 0 aliphatic rings. The van der Waals surface area contributed by atoms with Crippen LogP contribution in [0.4, 0.5) is 26.3 Å². The van der Waals surface area contributed by atoms with Gasteiger partial charge in [0.05, 0.1) is 23.9 Å². The molecular weight excluding hydrogens is 445 g/mol. The number of hydrogen-bond donors (Lipinski definition) is 0. The quantitative estimate of drug-likeness (QED) is 0.208. The molecule has 2 rings (SSSR count). The summed E-state index contributed by atoms with van der Waals surface area (Å²) in [6.45, 7) is 1.90. The lowest BCUT2D eigenvalue weighted by atomic mass is 10.0. The van der Waals surface area contributed by atoms with Gasteiger partial charge in [0.1, 0.15) is 0 Å². The third-order valence-electron chi connectivity index (χ3n) is 4.25. The number of unbranched alkanes of at least 4 members (excludes halogenated alkanes) is 1. The molecule has 0 spiro atoms. The normalized spacial score (nSPS) is 13.0. The minimum absolute atomic E-state index is 0.0500. The molecule has 10 heteroatoms. The van der Waals surface area contributed by atoms with E-state index in [-0.39, 0.29) is 11.9 Å². The molecule has 0 saturated heterocycles. The van der Waals surface area contributed by atoms with Crippen LogP contribution < -0.4 is 5.30 Å². The summed E-state index contributed by atoms with van der Waals surface area (Å²) < 4.78 is 86.0. The molecule has 0 heterocycles. The van der Waals surface area contributed by atoms with Crippen LogP contribution in [0.5, 0.6) is 0 Å². The van der Waals surface area contributed by atoms with Gasteiger partial charge >= 0.3 is 18.3 Å². The average molecular weight is 464 g/mol. The maximum Gasteiger partial charge on any atom is 0.417 e. The monoisotopic (exact) mass is 464 g/mol. The fraction of sp³-hybridized carbons (Fsp3) is 0.333. The van der Waals surface area contributed by atoms with Crippen molar-refractivity contribution in [1.82, 2.24) is 0 Å². The number of carbonyl (C=O) groups excluding carboxylic acids is 2. The van der Waals surface area contributed by atoms with Crippen molar-refractivity contribution in [2.75, 3.05) is 12.8 Å². The number of hydrogen-bond acceptors (Lipinski definition) is 3. The van der Waals surface area contributed by atoms with Crippen molar-refractivity contribution in [3.63, 3.8) is 0 Å². The SMILES string of the molecule is CCCCOC(=O)CP(C(=O)c1c(C(F)(F)F)cccc1C(F)(F)F)c1ccccc1. The van der Waals surface area contributed by atoms with Crippen LogP contribution in [0.15, 0.2) is 48.5 Å². The van der Waals surface area contributed by atoms with Gasteiger partial charge < -0.3 is 4.74 Å². The van der Waals surface area contributed by atoms with Gasteiger partial charge in [0.25, 0.3) is 0 Å². The first-order valence-corrected chi connectivity index (χ1v) is 10.8. The van der Waals surface area contributed by atoms with Gasteiger partial charge in [-0.3, -0.25) is 9.59 Å². The van der Waals surface area contributed by atoms with Crippen LogP contribution in [0.3, 0.4) is 0 Å². The number of carbonyl (C=O) groups is 2. The molecule has 0 radical (unpaired) electrons. The summed E-state index contributed by atoms with van der Waals surface area (Å²) in [5.74, 6) is -0.852. The van der Waals surface area contributed by atoms with Crippen molar-refractivity contribution >= 4 is 24.7 Å². The van der Waals surface area contributed by atoms with Crippen molar-refractivity contribution in [2.45, 2.75) is 32.1 Å².